The number of likely N-dealkylation sites (N-methyl/N-ethyl adjacent to an activating group) is 1. The highest BCUT2D eigenvalue weighted by molar-refractivity contribution is 5.94. The van der Waals surface area contributed by atoms with E-state index in [0.717, 1.165) is 19.6 Å². The molecular weight excluding hydrogens is 298 g/mol. The molecule has 1 atom stereocenters. The molecule has 1 aromatic rings. The second-order valence-corrected chi connectivity index (χ2v) is 5.17. The number of anilines is 1. The van der Waals surface area contributed by atoms with Crippen LogP contribution >= 0.6 is 0 Å². The number of carbonyl (C=O) groups excluding carboxylic acids is 1. The van der Waals surface area contributed by atoms with Gasteiger partial charge in [0.05, 0.1) is 6.42 Å². The first kappa shape index (κ1) is 18.9. The molecule has 0 saturated carbocycles. The third-order valence-corrected chi connectivity index (χ3v) is 3.55. The van der Waals surface area contributed by atoms with E-state index < -0.39 is 17.9 Å². The number of nitrogens with zero attached hydrogens (tertiary/aromatic N) is 1. The number of aromatic hydroxyl groups is 1. The average Bonchev–Trinajstić information content (AvgIpc) is 2.52. The number of carboxylic acids is 1. The van der Waals surface area contributed by atoms with E-state index in [4.69, 9.17) is 0 Å². The number of rotatable bonds is 10. The molecule has 0 bridgehead atoms. The van der Waals surface area contributed by atoms with Crippen molar-refractivity contribution in [1.29, 1.82) is 0 Å². The minimum Gasteiger partial charge on any atom is -0.508 e. The van der Waals surface area contributed by atoms with Gasteiger partial charge in [0.25, 0.3) is 0 Å². The number of amides is 1. The average molecular weight is 323 g/mol. The summed E-state index contributed by atoms with van der Waals surface area (Å²) in [7, 11) is 0. The second kappa shape index (κ2) is 9.81. The van der Waals surface area contributed by atoms with Gasteiger partial charge < -0.3 is 25.7 Å². The minimum absolute atomic E-state index is 0.101. The van der Waals surface area contributed by atoms with Crippen LogP contribution in [0.3, 0.4) is 0 Å². The Labute approximate surface area is 136 Å². The molecule has 4 N–H and O–H groups in total. The predicted molar refractivity (Wildman–Crippen MR) is 88.6 cm³/mol. The molecule has 0 unspecified atom stereocenters. The summed E-state index contributed by atoms with van der Waals surface area (Å²) in [6, 6.07) is 5.08. The molecule has 0 aromatic heterocycles. The Morgan fingerprint density at radius 1 is 1.17 bits per heavy atom. The van der Waals surface area contributed by atoms with Gasteiger partial charge in [0, 0.05) is 18.8 Å². The smallest absolute Gasteiger partial charge is 0.321 e. The van der Waals surface area contributed by atoms with E-state index in [1.165, 1.54) is 12.1 Å². The van der Waals surface area contributed by atoms with Crippen LogP contribution < -0.4 is 10.6 Å². The summed E-state index contributed by atoms with van der Waals surface area (Å²) >= 11 is 0. The Morgan fingerprint density at radius 3 is 2.30 bits per heavy atom. The molecule has 7 heteroatoms. The maximum atomic E-state index is 11.9. The Bertz CT molecular complexity index is 501. The van der Waals surface area contributed by atoms with Crippen molar-refractivity contribution in [3.63, 3.8) is 0 Å². The van der Waals surface area contributed by atoms with Crippen molar-refractivity contribution in [1.82, 2.24) is 10.2 Å². The largest absolute Gasteiger partial charge is 0.508 e. The third-order valence-electron chi connectivity index (χ3n) is 3.55. The van der Waals surface area contributed by atoms with Crippen LogP contribution in [0.25, 0.3) is 0 Å². The van der Waals surface area contributed by atoms with Gasteiger partial charge in [0.2, 0.25) is 5.91 Å². The van der Waals surface area contributed by atoms with Crippen LogP contribution in [0.4, 0.5) is 5.69 Å². The van der Waals surface area contributed by atoms with Gasteiger partial charge in [0.15, 0.2) is 0 Å². The number of hydrogen-bond acceptors (Lipinski definition) is 5. The molecule has 7 nitrogen and oxygen atoms in total. The summed E-state index contributed by atoms with van der Waals surface area (Å²) in [6.45, 7) is 7.13. The van der Waals surface area contributed by atoms with Crippen molar-refractivity contribution in [2.24, 2.45) is 0 Å². The fraction of sp³-hybridized carbons (Fsp3) is 0.500. The SMILES string of the molecule is CCN(CC)CCN[C@H](CC(=O)Nc1ccc(O)cc1)C(=O)O. The van der Waals surface area contributed by atoms with E-state index in [0.29, 0.717) is 12.2 Å². The van der Waals surface area contributed by atoms with Crippen LogP contribution in [0.1, 0.15) is 20.3 Å². The third kappa shape index (κ3) is 7.12. The summed E-state index contributed by atoms with van der Waals surface area (Å²) in [6.07, 6.45) is -0.158. The van der Waals surface area contributed by atoms with Crippen molar-refractivity contribution in [2.45, 2.75) is 26.3 Å². The Kier molecular flexibility index (Phi) is 8.07. The fourth-order valence-corrected chi connectivity index (χ4v) is 2.13. The first-order chi connectivity index (χ1) is 11.0. The van der Waals surface area contributed by atoms with E-state index in [1.54, 1.807) is 12.1 Å². The first-order valence-corrected chi connectivity index (χ1v) is 7.73. The van der Waals surface area contributed by atoms with Gasteiger partial charge in [0.1, 0.15) is 11.8 Å². The maximum Gasteiger partial charge on any atom is 0.321 e. The van der Waals surface area contributed by atoms with E-state index in [9.17, 15) is 19.8 Å². The molecule has 1 amide bonds. The summed E-state index contributed by atoms with van der Waals surface area (Å²) in [5.74, 6) is -1.34. The van der Waals surface area contributed by atoms with Gasteiger partial charge in [-0.05, 0) is 37.4 Å². The second-order valence-electron chi connectivity index (χ2n) is 5.17. The lowest BCUT2D eigenvalue weighted by Crippen LogP contribution is -2.43. The van der Waals surface area contributed by atoms with Gasteiger partial charge in [-0.1, -0.05) is 13.8 Å². The molecule has 128 valence electrons. The molecule has 0 saturated heterocycles. The molecule has 0 heterocycles. The highest BCUT2D eigenvalue weighted by Crippen LogP contribution is 2.14. The highest BCUT2D eigenvalue weighted by atomic mass is 16.4. The zero-order valence-electron chi connectivity index (χ0n) is 13.6. The van der Waals surface area contributed by atoms with Gasteiger partial charge in [-0.2, -0.15) is 0 Å². The topological polar surface area (TPSA) is 102 Å². The van der Waals surface area contributed by atoms with E-state index in [-0.39, 0.29) is 12.2 Å². The number of phenolic OH excluding ortho intramolecular Hbond substituents is 1. The quantitative estimate of drug-likeness (QED) is 0.481. The number of carbonyl (C=O) groups is 2. The van der Waals surface area contributed by atoms with Crippen LogP contribution in [0, 0.1) is 0 Å². The lowest BCUT2D eigenvalue weighted by molar-refractivity contribution is -0.141. The molecule has 0 fully saturated rings. The Morgan fingerprint density at radius 2 is 1.78 bits per heavy atom. The molecule has 0 spiro atoms. The Balaban J connectivity index is 2.46. The zero-order chi connectivity index (χ0) is 17.2. The zero-order valence-corrected chi connectivity index (χ0v) is 13.6. The molecule has 0 aliphatic carbocycles. The highest BCUT2D eigenvalue weighted by Gasteiger charge is 2.20. The molecule has 0 aliphatic rings. The standard InChI is InChI=1S/C16H25N3O4/c1-3-19(4-2)10-9-17-14(16(22)23)11-15(21)18-12-5-7-13(20)8-6-12/h5-8,14,17,20H,3-4,9-11H2,1-2H3,(H,18,21)(H,22,23)/t14-/m1/s1. The lowest BCUT2D eigenvalue weighted by Gasteiger charge is -2.20. The van der Waals surface area contributed by atoms with Gasteiger partial charge in [-0.25, -0.2) is 0 Å². The summed E-state index contributed by atoms with van der Waals surface area (Å²) < 4.78 is 0. The summed E-state index contributed by atoms with van der Waals surface area (Å²) in [5.41, 5.74) is 0.514. The first-order valence-electron chi connectivity index (χ1n) is 7.73. The fourth-order valence-electron chi connectivity index (χ4n) is 2.13. The van der Waals surface area contributed by atoms with E-state index in [1.807, 2.05) is 13.8 Å². The van der Waals surface area contributed by atoms with Crippen molar-refractivity contribution >= 4 is 17.6 Å². The molecule has 0 radical (unpaired) electrons. The van der Waals surface area contributed by atoms with Gasteiger partial charge in [-0.15, -0.1) is 0 Å². The van der Waals surface area contributed by atoms with Crippen LogP contribution in [-0.4, -0.2) is 59.2 Å². The van der Waals surface area contributed by atoms with Crippen molar-refractivity contribution in [3.05, 3.63) is 24.3 Å². The molecular formula is C16H25N3O4. The van der Waals surface area contributed by atoms with Gasteiger partial charge >= 0.3 is 5.97 Å². The number of hydrogen-bond donors (Lipinski definition) is 4. The minimum atomic E-state index is -1.05. The van der Waals surface area contributed by atoms with Crippen LogP contribution in [0.15, 0.2) is 24.3 Å². The van der Waals surface area contributed by atoms with Crippen LogP contribution in [0.2, 0.25) is 0 Å². The van der Waals surface area contributed by atoms with Crippen LogP contribution in [0.5, 0.6) is 5.75 Å². The number of phenols is 1. The van der Waals surface area contributed by atoms with Gasteiger partial charge in [-0.3, -0.25) is 9.59 Å². The monoisotopic (exact) mass is 323 g/mol. The number of benzene rings is 1. The number of nitrogens with one attached hydrogen (secondary N) is 2. The van der Waals surface area contributed by atoms with Crippen molar-refractivity contribution in [3.8, 4) is 5.75 Å². The normalized spacial score (nSPS) is 12.1. The predicted octanol–water partition coefficient (Wildman–Crippen LogP) is 1.11. The number of aliphatic carboxylic acids is 1. The maximum absolute atomic E-state index is 11.9. The number of carboxylic acid groups (broad SMARTS) is 1. The van der Waals surface area contributed by atoms with Crippen molar-refractivity contribution < 1.29 is 19.8 Å². The Hall–Kier alpha value is -2.12. The molecule has 0 aliphatic heterocycles. The summed E-state index contributed by atoms with van der Waals surface area (Å²) in [5, 5.41) is 23.9. The van der Waals surface area contributed by atoms with E-state index in [2.05, 4.69) is 15.5 Å². The molecule has 1 rings (SSSR count). The molecule has 23 heavy (non-hydrogen) atoms. The molecule has 1 aromatic carbocycles. The lowest BCUT2D eigenvalue weighted by atomic mass is 10.2. The van der Waals surface area contributed by atoms with Crippen molar-refractivity contribution in [2.75, 3.05) is 31.5 Å². The summed E-state index contributed by atoms with van der Waals surface area (Å²) in [4.78, 5) is 25.4. The van der Waals surface area contributed by atoms with E-state index >= 15 is 0 Å². The van der Waals surface area contributed by atoms with Crippen LogP contribution in [-0.2, 0) is 9.59 Å².